The summed E-state index contributed by atoms with van der Waals surface area (Å²) in [6.45, 7) is 0. The van der Waals surface area contributed by atoms with E-state index in [9.17, 15) is 4.79 Å². The van der Waals surface area contributed by atoms with Gasteiger partial charge in [-0.25, -0.2) is 14.6 Å². The molecule has 0 aliphatic heterocycles. The van der Waals surface area contributed by atoms with Gasteiger partial charge in [0.1, 0.15) is 6.33 Å². The van der Waals surface area contributed by atoms with Crippen LogP contribution in [-0.4, -0.2) is 30.6 Å². The molecule has 0 spiro atoms. The normalized spacial score (nSPS) is 10.2. The number of aromatic nitrogens is 5. The average molecular weight is 266 g/mol. The fraction of sp³-hybridized carbons (Fsp3) is 0. The van der Waals surface area contributed by atoms with Gasteiger partial charge in [-0.2, -0.15) is 0 Å². The molecule has 2 heterocycles. The van der Waals surface area contributed by atoms with Crippen LogP contribution in [0.1, 0.15) is 10.6 Å². The van der Waals surface area contributed by atoms with Crippen LogP contribution in [0.25, 0.3) is 5.69 Å². The zero-order valence-electron chi connectivity index (χ0n) is 10.3. The molecule has 0 atom stereocenters. The van der Waals surface area contributed by atoms with Crippen LogP contribution >= 0.6 is 0 Å². The zero-order valence-corrected chi connectivity index (χ0v) is 10.3. The third kappa shape index (κ3) is 2.51. The molecule has 3 rings (SSSR count). The number of benzene rings is 1. The molecule has 7 nitrogen and oxygen atoms in total. The Morgan fingerprint density at radius 1 is 1.10 bits per heavy atom. The molecular formula is C13H10N6O. The Balaban J connectivity index is 1.79. The summed E-state index contributed by atoms with van der Waals surface area (Å²) in [5, 5.41) is 6.69. The third-order valence-corrected chi connectivity index (χ3v) is 2.52. The number of hydrogen-bond acceptors (Lipinski definition) is 5. The van der Waals surface area contributed by atoms with Crippen LogP contribution in [0.2, 0.25) is 0 Å². The molecule has 2 aromatic heterocycles. The number of nitrogens with zero attached hydrogens (tertiary/aromatic N) is 5. The SMILES string of the molecule is O=C(Nc1cnccn1)c1ncn(-c2ccccc2)n1. The first-order chi connectivity index (χ1) is 9.83. The molecule has 0 bridgehead atoms. The molecule has 7 heteroatoms. The number of anilines is 1. The minimum atomic E-state index is -0.430. The molecule has 0 radical (unpaired) electrons. The number of carbonyl (C=O) groups is 1. The molecule has 0 saturated heterocycles. The molecule has 1 N–H and O–H groups in total. The summed E-state index contributed by atoms with van der Waals surface area (Å²) in [6.07, 6.45) is 5.96. The van der Waals surface area contributed by atoms with Gasteiger partial charge in [-0.1, -0.05) is 18.2 Å². The Kier molecular flexibility index (Phi) is 3.15. The van der Waals surface area contributed by atoms with Crippen molar-refractivity contribution in [3.63, 3.8) is 0 Å². The molecule has 0 saturated carbocycles. The molecular weight excluding hydrogens is 256 g/mol. The van der Waals surface area contributed by atoms with Gasteiger partial charge in [-0.15, -0.1) is 5.10 Å². The maximum atomic E-state index is 11.9. The van der Waals surface area contributed by atoms with Crippen molar-refractivity contribution < 1.29 is 4.79 Å². The highest BCUT2D eigenvalue weighted by Gasteiger charge is 2.12. The van der Waals surface area contributed by atoms with E-state index in [0.29, 0.717) is 5.82 Å². The molecule has 3 aromatic rings. The van der Waals surface area contributed by atoms with E-state index in [2.05, 4.69) is 25.4 Å². The number of amides is 1. The molecule has 0 fully saturated rings. The van der Waals surface area contributed by atoms with E-state index in [0.717, 1.165) is 5.69 Å². The van der Waals surface area contributed by atoms with Gasteiger partial charge in [0.2, 0.25) is 5.82 Å². The van der Waals surface area contributed by atoms with Crippen LogP contribution in [0.4, 0.5) is 5.82 Å². The van der Waals surface area contributed by atoms with Crippen LogP contribution in [0.5, 0.6) is 0 Å². The predicted molar refractivity (Wildman–Crippen MR) is 71.3 cm³/mol. The number of para-hydroxylation sites is 1. The lowest BCUT2D eigenvalue weighted by Crippen LogP contribution is -2.15. The second-order valence-electron chi connectivity index (χ2n) is 3.89. The van der Waals surface area contributed by atoms with E-state index >= 15 is 0 Å². The number of carbonyl (C=O) groups excluding carboxylic acids is 1. The monoisotopic (exact) mass is 266 g/mol. The summed E-state index contributed by atoms with van der Waals surface area (Å²) in [5.41, 5.74) is 0.832. The van der Waals surface area contributed by atoms with Crippen LogP contribution in [0.3, 0.4) is 0 Å². The van der Waals surface area contributed by atoms with E-state index in [-0.39, 0.29) is 5.82 Å². The summed E-state index contributed by atoms with van der Waals surface area (Å²) in [7, 11) is 0. The van der Waals surface area contributed by atoms with Gasteiger partial charge < -0.3 is 5.32 Å². The van der Waals surface area contributed by atoms with E-state index in [1.165, 1.54) is 29.6 Å². The van der Waals surface area contributed by atoms with Crippen molar-refractivity contribution in [2.24, 2.45) is 0 Å². The quantitative estimate of drug-likeness (QED) is 0.772. The van der Waals surface area contributed by atoms with E-state index in [1.807, 2.05) is 30.3 Å². The maximum Gasteiger partial charge on any atom is 0.296 e. The predicted octanol–water partition coefficient (Wildman–Crippen LogP) is 1.31. The van der Waals surface area contributed by atoms with Crippen molar-refractivity contribution in [3.8, 4) is 5.69 Å². The van der Waals surface area contributed by atoms with Crippen LogP contribution < -0.4 is 5.32 Å². The zero-order chi connectivity index (χ0) is 13.8. The highest BCUT2D eigenvalue weighted by molar-refractivity contribution is 6.00. The second-order valence-corrected chi connectivity index (χ2v) is 3.89. The summed E-state index contributed by atoms with van der Waals surface area (Å²) in [6, 6.07) is 9.42. The molecule has 0 aliphatic rings. The minimum Gasteiger partial charge on any atom is -0.302 e. The Hall–Kier alpha value is -3.09. The standard InChI is InChI=1S/C13H10N6O/c20-13(17-11-8-14-6-7-15-11)12-16-9-19(18-12)10-4-2-1-3-5-10/h1-9H,(H,15,17,20). The molecule has 1 amide bonds. The van der Waals surface area contributed by atoms with Gasteiger partial charge in [0.15, 0.2) is 5.82 Å². The van der Waals surface area contributed by atoms with Gasteiger partial charge in [0.25, 0.3) is 5.91 Å². The fourth-order valence-corrected chi connectivity index (χ4v) is 1.61. The van der Waals surface area contributed by atoms with Crippen molar-refractivity contribution >= 4 is 11.7 Å². The fourth-order valence-electron chi connectivity index (χ4n) is 1.61. The van der Waals surface area contributed by atoms with Gasteiger partial charge in [0, 0.05) is 12.4 Å². The van der Waals surface area contributed by atoms with Crippen LogP contribution in [0.15, 0.2) is 55.2 Å². The van der Waals surface area contributed by atoms with Crippen molar-refractivity contribution in [2.75, 3.05) is 5.32 Å². The first kappa shape index (κ1) is 12.0. The summed E-state index contributed by atoms with van der Waals surface area (Å²) in [5.74, 6) is -0.00625. The number of rotatable bonds is 3. The minimum absolute atomic E-state index is 0.0690. The molecule has 0 unspecified atom stereocenters. The summed E-state index contributed by atoms with van der Waals surface area (Å²) < 4.78 is 1.53. The molecule has 1 aromatic carbocycles. The molecule has 98 valence electrons. The Bertz CT molecular complexity index is 710. The summed E-state index contributed by atoms with van der Waals surface area (Å²) in [4.78, 5) is 23.7. The van der Waals surface area contributed by atoms with Crippen molar-refractivity contribution in [3.05, 3.63) is 61.1 Å². The Morgan fingerprint density at radius 2 is 1.95 bits per heavy atom. The number of hydrogen-bond donors (Lipinski definition) is 1. The van der Waals surface area contributed by atoms with Crippen LogP contribution in [0, 0.1) is 0 Å². The third-order valence-electron chi connectivity index (χ3n) is 2.52. The highest BCUT2D eigenvalue weighted by Crippen LogP contribution is 2.06. The lowest BCUT2D eigenvalue weighted by molar-refractivity contribution is 0.101. The highest BCUT2D eigenvalue weighted by atomic mass is 16.2. The molecule has 0 aliphatic carbocycles. The average Bonchev–Trinajstić information content (AvgIpc) is 2.99. The van der Waals surface area contributed by atoms with Crippen molar-refractivity contribution in [2.45, 2.75) is 0 Å². The molecule has 20 heavy (non-hydrogen) atoms. The lowest BCUT2D eigenvalue weighted by Gasteiger charge is -2.00. The smallest absolute Gasteiger partial charge is 0.296 e. The van der Waals surface area contributed by atoms with E-state index in [1.54, 1.807) is 0 Å². The van der Waals surface area contributed by atoms with Gasteiger partial charge in [0.05, 0.1) is 11.9 Å². The first-order valence-corrected chi connectivity index (χ1v) is 5.87. The van der Waals surface area contributed by atoms with Crippen molar-refractivity contribution in [1.82, 2.24) is 24.7 Å². The topological polar surface area (TPSA) is 85.6 Å². The second kappa shape index (κ2) is 5.27. The largest absolute Gasteiger partial charge is 0.302 e. The van der Waals surface area contributed by atoms with E-state index < -0.39 is 5.91 Å². The Labute approximate surface area is 114 Å². The Morgan fingerprint density at radius 3 is 2.70 bits per heavy atom. The maximum absolute atomic E-state index is 11.9. The van der Waals surface area contributed by atoms with Gasteiger partial charge >= 0.3 is 0 Å². The van der Waals surface area contributed by atoms with Crippen LogP contribution in [-0.2, 0) is 0 Å². The lowest BCUT2D eigenvalue weighted by atomic mass is 10.3. The van der Waals surface area contributed by atoms with Gasteiger partial charge in [-0.05, 0) is 12.1 Å². The van der Waals surface area contributed by atoms with Gasteiger partial charge in [-0.3, -0.25) is 9.78 Å². The summed E-state index contributed by atoms with van der Waals surface area (Å²) >= 11 is 0. The number of nitrogens with one attached hydrogen (secondary N) is 1. The van der Waals surface area contributed by atoms with Crippen molar-refractivity contribution in [1.29, 1.82) is 0 Å². The first-order valence-electron chi connectivity index (χ1n) is 5.87. The van der Waals surface area contributed by atoms with E-state index in [4.69, 9.17) is 0 Å².